The number of hydrogen-bond acceptors (Lipinski definition) is 2. The summed E-state index contributed by atoms with van der Waals surface area (Å²) >= 11 is 3.57. The van der Waals surface area contributed by atoms with Crippen molar-refractivity contribution in [3.63, 3.8) is 0 Å². The quantitative estimate of drug-likeness (QED) is 0.484. The van der Waals surface area contributed by atoms with Crippen LogP contribution in [-0.4, -0.2) is 15.8 Å². The molecule has 0 saturated heterocycles. The molecule has 1 N–H and O–H groups in total. The molecule has 1 aromatic carbocycles. The molecule has 3 nitrogen and oxygen atoms in total. The van der Waals surface area contributed by atoms with Crippen LogP contribution in [0.25, 0.3) is 11.4 Å². The molecule has 0 aliphatic heterocycles. The van der Waals surface area contributed by atoms with E-state index in [2.05, 4.69) is 91.0 Å². The minimum absolute atomic E-state index is 0.434. The first-order valence-electron chi connectivity index (χ1n) is 9.41. The summed E-state index contributed by atoms with van der Waals surface area (Å²) in [6.07, 6.45) is 8.56. The first-order chi connectivity index (χ1) is 12.5. The van der Waals surface area contributed by atoms with Crippen LogP contribution >= 0.6 is 15.9 Å². The smallest absolute Gasteiger partial charge is 0.128 e. The highest BCUT2D eigenvalue weighted by Gasteiger charge is 2.14. The molecule has 0 bridgehead atoms. The van der Waals surface area contributed by atoms with E-state index in [4.69, 9.17) is 0 Å². The second kappa shape index (κ2) is 9.77. The van der Waals surface area contributed by atoms with Gasteiger partial charge in [-0.1, -0.05) is 57.5 Å². The van der Waals surface area contributed by atoms with Gasteiger partial charge in [0.05, 0.1) is 16.4 Å². The fourth-order valence-corrected chi connectivity index (χ4v) is 3.43. The van der Waals surface area contributed by atoms with Crippen LogP contribution in [0.5, 0.6) is 0 Å². The van der Waals surface area contributed by atoms with Crippen molar-refractivity contribution >= 4 is 27.3 Å². The Morgan fingerprint density at radius 2 is 1.88 bits per heavy atom. The lowest BCUT2D eigenvalue weighted by Gasteiger charge is -2.22. The largest absolute Gasteiger partial charge is 0.367 e. The molecule has 0 saturated carbocycles. The van der Waals surface area contributed by atoms with E-state index in [1.54, 1.807) is 0 Å². The highest BCUT2D eigenvalue weighted by atomic mass is 79.9. The number of hydrogen-bond donors (Lipinski definition) is 1. The molecule has 1 aromatic heterocycles. The molecule has 0 atom stereocenters. The van der Waals surface area contributed by atoms with E-state index < -0.39 is 0 Å². The summed E-state index contributed by atoms with van der Waals surface area (Å²) in [7, 11) is 0. The van der Waals surface area contributed by atoms with Crippen LogP contribution in [-0.2, 0) is 0 Å². The number of allylic oxidation sites excluding steroid dienone is 2. The van der Waals surface area contributed by atoms with E-state index in [0.29, 0.717) is 6.04 Å². The number of halogens is 1. The van der Waals surface area contributed by atoms with Crippen LogP contribution < -0.4 is 5.32 Å². The van der Waals surface area contributed by atoms with Crippen molar-refractivity contribution in [1.29, 1.82) is 0 Å². The Bertz CT molecular complexity index is 767. The summed E-state index contributed by atoms with van der Waals surface area (Å²) < 4.78 is 2.97. The molecule has 0 aliphatic carbocycles. The molecule has 0 aliphatic rings. The van der Waals surface area contributed by atoms with Gasteiger partial charge < -0.3 is 5.32 Å². The number of aryl methyl sites for hydroxylation is 1. The number of rotatable bonds is 9. The number of nitrogens with zero attached hydrogens (tertiary/aromatic N) is 2. The molecule has 0 amide bonds. The van der Waals surface area contributed by atoms with Gasteiger partial charge in [0.25, 0.3) is 0 Å². The molecule has 26 heavy (non-hydrogen) atoms. The zero-order valence-electron chi connectivity index (χ0n) is 16.3. The molecule has 140 valence electrons. The summed E-state index contributed by atoms with van der Waals surface area (Å²) in [6.45, 7) is 13.0. The van der Waals surface area contributed by atoms with Gasteiger partial charge in [0.15, 0.2) is 0 Å². The molecule has 0 fully saturated rings. The van der Waals surface area contributed by atoms with Crippen LogP contribution in [0.4, 0.5) is 0 Å². The molecule has 2 aromatic rings. The molecular formula is C22H30BrN3. The summed E-state index contributed by atoms with van der Waals surface area (Å²) in [6, 6.07) is 8.79. The third kappa shape index (κ3) is 5.10. The van der Waals surface area contributed by atoms with Gasteiger partial charge in [0, 0.05) is 6.04 Å². The highest BCUT2D eigenvalue weighted by Crippen LogP contribution is 2.23. The lowest BCUT2D eigenvalue weighted by atomic mass is 10.0. The van der Waals surface area contributed by atoms with Gasteiger partial charge in [-0.25, -0.2) is 4.68 Å². The van der Waals surface area contributed by atoms with Crippen LogP contribution in [0, 0.1) is 13.8 Å². The van der Waals surface area contributed by atoms with Gasteiger partial charge in [0.1, 0.15) is 5.82 Å². The average Bonchev–Trinajstić information content (AvgIpc) is 2.94. The molecule has 0 spiro atoms. The number of aromatic nitrogens is 2. The molecule has 0 unspecified atom stereocenters. The van der Waals surface area contributed by atoms with Crippen molar-refractivity contribution in [2.75, 3.05) is 0 Å². The summed E-state index contributed by atoms with van der Waals surface area (Å²) in [5, 5.41) is 8.28. The predicted molar refractivity (Wildman–Crippen MR) is 116 cm³/mol. The molecule has 1 heterocycles. The van der Waals surface area contributed by atoms with E-state index in [0.717, 1.165) is 47.2 Å². The van der Waals surface area contributed by atoms with Crippen LogP contribution in [0.3, 0.4) is 0 Å². The van der Waals surface area contributed by atoms with Gasteiger partial charge >= 0.3 is 0 Å². The minimum Gasteiger partial charge on any atom is -0.367 e. The number of benzene rings is 1. The first kappa shape index (κ1) is 20.5. The maximum atomic E-state index is 4.56. The fraction of sp³-hybridized carbons (Fsp3) is 0.409. The Hall–Kier alpha value is -1.81. The maximum Gasteiger partial charge on any atom is 0.128 e. The Morgan fingerprint density at radius 1 is 1.23 bits per heavy atom. The summed E-state index contributed by atoms with van der Waals surface area (Å²) in [5.74, 6) is 0.980. The number of nitrogens with one attached hydrogen (secondary N) is 1. The SMILES string of the molecule is C=C(/C=C(/NC(CCC)CCC)n1ncc(Br)c1C)c1ccccc1C. The van der Waals surface area contributed by atoms with E-state index in [9.17, 15) is 0 Å². The Kier molecular flexibility index (Phi) is 7.70. The second-order valence-corrected chi connectivity index (χ2v) is 7.63. The standard InChI is InChI=1S/C22H30BrN3/c1-6-10-19(11-7-2)25-22(26-18(5)21(23)15-24-26)14-17(4)20-13-9-8-12-16(20)3/h8-9,12-15,19,25H,4,6-7,10-11H2,1-3,5H3/b22-14-. The second-order valence-electron chi connectivity index (χ2n) is 6.78. The minimum atomic E-state index is 0.434. The third-order valence-electron chi connectivity index (χ3n) is 4.61. The van der Waals surface area contributed by atoms with E-state index in [-0.39, 0.29) is 0 Å². The van der Waals surface area contributed by atoms with E-state index >= 15 is 0 Å². The zero-order valence-corrected chi connectivity index (χ0v) is 17.9. The van der Waals surface area contributed by atoms with Crippen molar-refractivity contribution in [2.24, 2.45) is 0 Å². The normalized spacial score (nSPS) is 11.8. The predicted octanol–water partition coefficient (Wildman–Crippen LogP) is 6.33. The van der Waals surface area contributed by atoms with Crippen molar-refractivity contribution in [1.82, 2.24) is 15.1 Å². The molecule has 2 rings (SSSR count). The van der Waals surface area contributed by atoms with Gasteiger partial charge in [-0.2, -0.15) is 5.10 Å². The monoisotopic (exact) mass is 415 g/mol. The van der Waals surface area contributed by atoms with E-state index in [1.165, 1.54) is 11.1 Å². The van der Waals surface area contributed by atoms with Gasteiger partial charge in [0.2, 0.25) is 0 Å². The zero-order chi connectivity index (χ0) is 19.1. The third-order valence-corrected chi connectivity index (χ3v) is 5.38. The van der Waals surface area contributed by atoms with Gasteiger partial charge in [-0.05, 0) is 65.4 Å². The summed E-state index contributed by atoms with van der Waals surface area (Å²) in [4.78, 5) is 0. The average molecular weight is 416 g/mol. The van der Waals surface area contributed by atoms with Crippen LogP contribution in [0.1, 0.15) is 56.4 Å². The lowest BCUT2D eigenvalue weighted by Crippen LogP contribution is -2.30. The molecular weight excluding hydrogens is 386 g/mol. The molecule has 0 radical (unpaired) electrons. The Balaban J connectivity index is 2.41. The highest BCUT2D eigenvalue weighted by molar-refractivity contribution is 9.10. The van der Waals surface area contributed by atoms with Crippen molar-refractivity contribution in [3.05, 3.63) is 64.4 Å². The van der Waals surface area contributed by atoms with Crippen molar-refractivity contribution in [3.8, 4) is 0 Å². The Morgan fingerprint density at radius 3 is 2.42 bits per heavy atom. The van der Waals surface area contributed by atoms with Crippen LogP contribution in [0.15, 0.2) is 47.6 Å². The lowest BCUT2D eigenvalue weighted by molar-refractivity contribution is 0.490. The first-order valence-corrected chi connectivity index (χ1v) is 10.2. The van der Waals surface area contributed by atoms with Gasteiger partial charge in [-0.15, -0.1) is 0 Å². The van der Waals surface area contributed by atoms with E-state index in [1.807, 2.05) is 10.9 Å². The van der Waals surface area contributed by atoms with Crippen molar-refractivity contribution in [2.45, 2.75) is 59.4 Å². The summed E-state index contributed by atoms with van der Waals surface area (Å²) in [5.41, 5.74) is 4.46. The topological polar surface area (TPSA) is 29.9 Å². The van der Waals surface area contributed by atoms with Crippen LogP contribution in [0.2, 0.25) is 0 Å². The van der Waals surface area contributed by atoms with Crippen molar-refractivity contribution < 1.29 is 0 Å². The fourth-order valence-electron chi connectivity index (χ4n) is 3.17. The van der Waals surface area contributed by atoms with Gasteiger partial charge in [-0.3, -0.25) is 0 Å². The Labute approximate surface area is 166 Å². The maximum absolute atomic E-state index is 4.56. The molecule has 4 heteroatoms.